The van der Waals surface area contributed by atoms with E-state index in [4.69, 9.17) is 11.6 Å². The van der Waals surface area contributed by atoms with Crippen molar-refractivity contribution in [1.29, 1.82) is 0 Å². The Hall–Kier alpha value is -0.230. The van der Waals surface area contributed by atoms with Crippen molar-refractivity contribution in [3.05, 3.63) is 10.0 Å². The summed E-state index contributed by atoms with van der Waals surface area (Å²) in [5.74, 6) is 0. The molecule has 0 N–H and O–H groups in total. The molecular formula is C9H15ClN4S. The molecule has 1 aromatic rings. The molecule has 2 rings (SSSR count). The van der Waals surface area contributed by atoms with Crippen molar-refractivity contribution in [2.75, 3.05) is 32.7 Å². The number of halogens is 1. The van der Waals surface area contributed by atoms with E-state index >= 15 is 0 Å². The molecule has 4 nitrogen and oxygen atoms in total. The lowest BCUT2D eigenvalue weighted by atomic mass is 10.3. The maximum absolute atomic E-state index is 5.97. The molecule has 0 bridgehead atoms. The van der Waals surface area contributed by atoms with Gasteiger partial charge >= 0.3 is 0 Å². The van der Waals surface area contributed by atoms with Crippen LogP contribution >= 0.6 is 23.1 Å². The van der Waals surface area contributed by atoms with Crippen molar-refractivity contribution in [2.24, 2.45) is 0 Å². The van der Waals surface area contributed by atoms with Gasteiger partial charge in [0.1, 0.15) is 10.0 Å². The van der Waals surface area contributed by atoms with Gasteiger partial charge in [-0.25, -0.2) is 0 Å². The van der Waals surface area contributed by atoms with Crippen molar-refractivity contribution < 1.29 is 0 Å². The fourth-order valence-corrected chi connectivity index (χ4v) is 2.38. The topological polar surface area (TPSA) is 32.3 Å². The highest BCUT2D eigenvalue weighted by Gasteiger charge is 2.17. The van der Waals surface area contributed by atoms with Crippen LogP contribution in [0.3, 0.4) is 0 Å². The SMILES string of the molecule is CCN1CCN(Cc2nnsc2Cl)CC1. The zero-order chi connectivity index (χ0) is 10.7. The first-order chi connectivity index (χ1) is 7.29. The van der Waals surface area contributed by atoms with E-state index in [0.717, 1.165) is 49.3 Å². The number of likely N-dealkylation sites (N-methyl/N-ethyl adjacent to an activating group) is 1. The molecule has 1 aliphatic heterocycles. The Kier molecular flexibility index (Phi) is 3.91. The van der Waals surface area contributed by atoms with E-state index in [2.05, 4.69) is 26.3 Å². The molecule has 1 aliphatic rings. The first-order valence-corrected chi connectivity index (χ1v) is 6.36. The summed E-state index contributed by atoms with van der Waals surface area (Å²) in [7, 11) is 0. The average molecular weight is 247 g/mol. The molecule has 1 fully saturated rings. The Morgan fingerprint density at radius 3 is 2.47 bits per heavy atom. The zero-order valence-electron chi connectivity index (χ0n) is 8.82. The summed E-state index contributed by atoms with van der Waals surface area (Å²) in [5, 5.41) is 4.03. The van der Waals surface area contributed by atoms with Gasteiger partial charge in [-0.05, 0) is 6.54 Å². The third-order valence-electron chi connectivity index (χ3n) is 2.79. The Morgan fingerprint density at radius 1 is 1.27 bits per heavy atom. The van der Waals surface area contributed by atoms with Gasteiger partial charge in [0.05, 0.1) is 0 Å². The van der Waals surface area contributed by atoms with Crippen LogP contribution in [0.1, 0.15) is 12.6 Å². The Balaban J connectivity index is 1.85. The molecule has 0 aliphatic carbocycles. The summed E-state index contributed by atoms with van der Waals surface area (Å²) >= 11 is 7.24. The molecule has 0 saturated carbocycles. The molecule has 84 valence electrons. The van der Waals surface area contributed by atoms with Crippen LogP contribution in [0.4, 0.5) is 0 Å². The standard InChI is InChI=1S/C9H15ClN4S/c1-2-13-3-5-14(6-4-13)7-8-9(10)15-12-11-8/h2-7H2,1H3. The van der Waals surface area contributed by atoms with Crippen molar-refractivity contribution >= 4 is 23.1 Å². The minimum atomic E-state index is 0.730. The van der Waals surface area contributed by atoms with Crippen LogP contribution in [-0.2, 0) is 6.54 Å². The summed E-state index contributed by atoms with van der Waals surface area (Å²) in [6.45, 7) is 8.68. The van der Waals surface area contributed by atoms with Crippen LogP contribution in [0.15, 0.2) is 0 Å². The first-order valence-electron chi connectivity index (χ1n) is 5.21. The number of aromatic nitrogens is 2. The molecule has 0 radical (unpaired) electrons. The van der Waals surface area contributed by atoms with Crippen LogP contribution in [0.25, 0.3) is 0 Å². The van der Waals surface area contributed by atoms with Gasteiger partial charge in [-0.1, -0.05) is 23.0 Å². The lowest BCUT2D eigenvalue weighted by Gasteiger charge is -2.33. The van der Waals surface area contributed by atoms with Crippen LogP contribution < -0.4 is 0 Å². The molecule has 0 amide bonds. The first kappa shape index (κ1) is 11.3. The van der Waals surface area contributed by atoms with E-state index in [-0.39, 0.29) is 0 Å². The van der Waals surface area contributed by atoms with E-state index in [1.807, 2.05) is 0 Å². The maximum Gasteiger partial charge on any atom is 0.138 e. The monoisotopic (exact) mass is 246 g/mol. The minimum Gasteiger partial charge on any atom is -0.301 e. The Labute approximate surface area is 99.0 Å². The zero-order valence-corrected chi connectivity index (χ0v) is 10.4. The van der Waals surface area contributed by atoms with Gasteiger partial charge in [0.25, 0.3) is 0 Å². The van der Waals surface area contributed by atoms with Crippen molar-refractivity contribution in [2.45, 2.75) is 13.5 Å². The molecule has 1 aromatic heterocycles. The van der Waals surface area contributed by atoms with E-state index in [1.165, 1.54) is 11.5 Å². The Morgan fingerprint density at radius 2 is 1.93 bits per heavy atom. The Bertz CT molecular complexity index is 309. The molecular weight excluding hydrogens is 232 g/mol. The minimum absolute atomic E-state index is 0.730. The average Bonchev–Trinajstić information content (AvgIpc) is 2.66. The van der Waals surface area contributed by atoms with Gasteiger partial charge in [-0.2, -0.15) is 0 Å². The molecule has 15 heavy (non-hydrogen) atoms. The smallest absolute Gasteiger partial charge is 0.138 e. The van der Waals surface area contributed by atoms with E-state index in [0.29, 0.717) is 0 Å². The maximum atomic E-state index is 5.97. The molecule has 0 atom stereocenters. The van der Waals surface area contributed by atoms with Gasteiger partial charge < -0.3 is 4.90 Å². The number of hydrogen-bond donors (Lipinski definition) is 0. The second kappa shape index (κ2) is 5.21. The van der Waals surface area contributed by atoms with Gasteiger partial charge in [0.2, 0.25) is 0 Å². The number of hydrogen-bond acceptors (Lipinski definition) is 5. The van der Waals surface area contributed by atoms with Gasteiger partial charge in [-0.15, -0.1) is 5.10 Å². The summed E-state index contributed by atoms with van der Waals surface area (Å²) in [6.07, 6.45) is 0. The molecule has 0 aromatic carbocycles. The summed E-state index contributed by atoms with van der Waals surface area (Å²) in [6, 6.07) is 0. The van der Waals surface area contributed by atoms with Crippen LogP contribution in [0, 0.1) is 0 Å². The van der Waals surface area contributed by atoms with E-state index in [1.54, 1.807) is 0 Å². The summed E-state index contributed by atoms with van der Waals surface area (Å²) < 4.78 is 4.57. The van der Waals surface area contributed by atoms with Gasteiger partial charge in [0.15, 0.2) is 0 Å². The number of piperazine rings is 1. The normalized spacial score (nSPS) is 19.6. The number of rotatable bonds is 3. The predicted octanol–water partition coefficient (Wildman–Crippen LogP) is 1.33. The lowest BCUT2D eigenvalue weighted by Crippen LogP contribution is -2.45. The lowest BCUT2D eigenvalue weighted by molar-refractivity contribution is 0.131. The molecule has 0 spiro atoms. The van der Waals surface area contributed by atoms with E-state index < -0.39 is 0 Å². The molecule has 0 unspecified atom stereocenters. The van der Waals surface area contributed by atoms with Crippen LogP contribution in [0.5, 0.6) is 0 Å². The fraction of sp³-hybridized carbons (Fsp3) is 0.778. The molecule has 1 saturated heterocycles. The van der Waals surface area contributed by atoms with Crippen LogP contribution in [-0.4, -0.2) is 52.1 Å². The highest BCUT2D eigenvalue weighted by atomic mass is 35.5. The van der Waals surface area contributed by atoms with Crippen LogP contribution in [0.2, 0.25) is 4.34 Å². The second-order valence-electron chi connectivity index (χ2n) is 3.70. The van der Waals surface area contributed by atoms with Gasteiger partial charge in [0, 0.05) is 44.3 Å². The third-order valence-corrected chi connectivity index (χ3v) is 3.78. The quantitative estimate of drug-likeness (QED) is 0.806. The second-order valence-corrected chi connectivity index (χ2v) is 5.06. The molecule has 2 heterocycles. The highest BCUT2D eigenvalue weighted by Crippen LogP contribution is 2.19. The summed E-state index contributed by atoms with van der Waals surface area (Å²) in [5.41, 5.74) is 0.923. The third kappa shape index (κ3) is 2.87. The largest absolute Gasteiger partial charge is 0.301 e. The van der Waals surface area contributed by atoms with Gasteiger partial charge in [-0.3, -0.25) is 4.90 Å². The predicted molar refractivity (Wildman–Crippen MR) is 62.3 cm³/mol. The highest BCUT2D eigenvalue weighted by molar-refractivity contribution is 7.10. The van der Waals surface area contributed by atoms with Crippen molar-refractivity contribution in [3.8, 4) is 0 Å². The van der Waals surface area contributed by atoms with Crippen molar-refractivity contribution in [1.82, 2.24) is 19.4 Å². The summed E-state index contributed by atoms with van der Waals surface area (Å²) in [4.78, 5) is 4.84. The number of nitrogens with zero attached hydrogens (tertiary/aromatic N) is 4. The molecule has 6 heteroatoms. The van der Waals surface area contributed by atoms with Crippen molar-refractivity contribution in [3.63, 3.8) is 0 Å². The fourth-order valence-electron chi connectivity index (χ4n) is 1.77. The van der Waals surface area contributed by atoms with E-state index in [9.17, 15) is 0 Å².